The van der Waals surface area contributed by atoms with E-state index < -0.39 is 42.0 Å². The topological polar surface area (TPSA) is 137 Å². The van der Waals surface area contributed by atoms with Crippen molar-refractivity contribution >= 4 is 11.9 Å². The minimum atomic E-state index is -1.60. The van der Waals surface area contributed by atoms with E-state index in [9.17, 15) is 20.1 Å². The SMILES string of the molecule is C[C@@H]1CC2[C@H](O)N=C(N)N[C@]23[C@H](O)C(=O)O[C@H]1[C@H]3O. The van der Waals surface area contributed by atoms with Gasteiger partial charge in [0.1, 0.15) is 17.7 Å². The van der Waals surface area contributed by atoms with Crippen LogP contribution in [0.5, 0.6) is 0 Å². The molecule has 0 aromatic rings. The monoisotopic (exact) mass is 271 g/mol. The third-order valence-electron chi connectivity index (χ3n) is 4.50. The standard InChI is InChI=1S/C11H17N3O5/c1-3-2-4-8(17)13-10(12)14-11(4)6(15)5(3)19-9(18)7(11)16/h3-8,15-17H,2H2,1H3,(H3,12,13,14)/t3-,4?,5-,6-,7-,8+,11-/m1/s1. The highest BCUT2D eigenvalue weighted by Crippen LogP contribution is 2.47. The highest BCUT2D eigenvalue weighted by molar-refractivity contribution is 5.84. The molecule has 0 amide bonds. The molecular weight excluding hydrogens is 254 g/mol. The first-order valence-electron chi connectivity index (χ1n) is 6.24. The Balaban J connectivity index is 2.13. The summed E-state index contributed by atoms with van der Waals surface area (Å²) < 4.78 is 5.07. The number of aliphatic hydroxyl groups is 3. The first-order valence-corrected chi connectivity index (χ1v) is 6.24. The lowest BCUT2D eigenvalue weighted by Crippen LogP contribution is -2.81. The van der Waals surface area contributed by atoms with Crippen molar-refractivity contribution in [1.29, 1.82) is 0 Å². The summed E-state index contributed by atoms with van der Waals surface area (Å²) in [6, 6.07) is 0. The van der Waals surface area contributed by atoms with Gasteiger partial charge in [0.2, 0.25) is 0 Å². The molecule has 2 heterocycles. The highest BCUT2D eigenvalue weighted by atomic mass is 16.6. The van der Waals surface area contributed by atoms with Crippen molar-refractivity contribution in [3.8, 4) is 0 Å². The molecule has 1 spiro atoms. The molecule has 0 aromatic heterocycles. The van der Waals surface area contributed by atoms with E-state index in [4.69, 9.17) is 10.5 Å². The molecule has 8 heteroatoms. The highest BCUT2D eigenvalue weighted by Gasteiger charge is 2.67. The third kappa shape index (κ3) is 1.44. The van der Waals surface area contributed by atoms with Crippen LogP contribution in [0.25, 0.3) is 0 Å². The maximum atomic E-state index is 11.8. The molecule has 0 radical (unpaired) electrons. The van der Waals surface area contributed by atoms with Crippen LogP contribution < -0.4 is 11.1 Å². The molecule has 2 bridgehead atoms. The maximum absolute atomic E-state index is 11.8. The number of carbonyl (C=O) groups excluding carboxylic acids is 1. The molecule has 0 aromatic carbocycles. The number of hydrogen-bond donors (Lipinski definition) is 5. The van der Waals surface area contributed by atoms with Crippen molar-refractivity contribution in [3.63, 3.8) is 0 Å². The second-order valence-corrected chi connectivity index (χ2v) is 5.55. The van der Waals surface area contributed by atoms with Gasteiger partial charge in [-0.05, 0) is 12.3 Å². The first kappa shape index (κ1) is 12.6. The van der Waals surface area contributed by atoms with Gasteiger partial charge < -0.3 is 31.1 Å². The van der Waals surface area contributed by atoms with E-state index in [1.54, 1.807) is 0 Å². The molecule has 8 nitrogen and oxygen atoms in total. The molecule has 106 valence electrons. The van der Waals surface area contributed by atoms with Gasteiger partial charge in [-0.2, -0.15) is 0 Å². The zero-order chi connectivity index (χ0) is 13.9. The van der Waals surface area contributed by atoms with Gasteiger partial charge in [0.25, 0.3) is 0 Å². The average molecular weight is 271 g/mol. The number of guanidine groups is 1. The maximum Gasteiger partial charge on any atom is 0.337 e. The summed E-state index contributed by atoms with van der Waals surface area (Å²) in [4.78, 5) is 15.6. The molecule has 2 fully saturated rings. The average Bonchev–Trinajstić information content (AvgIpc) is 2.33. The fourth-order valence-electron chi connectivity index (χ4n) is 3.56. The van der Waals surface area contributed by atoms with Crippen LogP contribution in [0.3, 0.4) is 0 Å². The molecule has 2 aliphatic heterocycles. The zero-order valence-electron chi connectivity index (χ0n) is 10.4. The predicted molar refractivity (Wildman–Crippen MR) is 62.7 cm³/mol. The number of aliphatic imine (C=N–C) groups is 1. The van der Waals surface area contributed by atoms with Gasteiger partial charge in [-0.3, -0.25) is 0 Å². The number of hydrogen-bond acceptors (Lipinski definition) is 8. The van der Waals surface area contributed by atoms with Crippen molar-refractivity contribution < 1.29 is 24.9 Å². The second kappa shape index (κ2) is 3.81. The summed E-state index contributed by atoms with van der Waals surface area (Å²) in [6.07, 6.45) is -4.19. The van der Waals surface area contributed by atoms with Crippen LogP contribution in [0.2, 0.25) is 0 Å². The molecule has 3 rings (SSSR count). The van der Waals surface area contributed by atoms with E-state index >= 15 is 0 Å². The van der Waals surface area contributed by atoms with Crippen LogP contribution in [-0.4, -0.2) is 57.3 Å². The summed E-state index contributed by atoms with van der Waals surface area (Å²) >= 11 is 0. The van der Waals surface area contributed by atoms with E-state index in [0.29, 0.717) is 6.42 Å². The summed E-state index contributed by atoms with van der Waals surface area (Å²) in [7, 11) is 0. The minimum Gasteiger partial charge on any atom is -0.457 e. The van der Waals surface area contributed by atoms with Crippen LogP contribution in [0.4, 0.5) is 0 Å². The van der Waals surface area contributed by atoms with E-state index in [-0.39, 0.29) is 11.9 Å². The predicted octanol–water partition coefficient (Wildman–Crippen LogP) is -2.74. The first-order chi connectivity index (χ1) is 8.87. The number of ether oxygens (including phenoxy) is 1. The van der Waals surface area contributed by atoms with Crippen molar-refractivity contribution in [3.05, 3.63) is 0 Å². The van der Waals surface area contributed by atoms with Crippen molar-refractivity contribution in [2.45, 2.75) is 43.4 Å². The normalized spacial score (nSPS) is 52.6. The number of nitrogens with one attached hydrogen (secondary N) is 1. The Morgan fingerprint density at radius 3 is 2.84 bits per heavy atom. The molecule has 6 N–H and O–H groups in total. The van der Waals surface area contributed by atoms with Gasteiger partial charge >= 0.3 is 5.97 Å². The number of fused-ring (bicyclic) bond motifs is 1. The van der Waals surface area contributed by atoms with Gasteiger partial charge in [0, 0.05) is 5.92 Å². The lowest BCUT2D eigenvalue weighted by Gasteiger charge is -2.58. The minimum absolute atomic E-state index is 0.107. The molecule has 1 unspecified atom stereocenters. The lowest BCUT2D eigenvalue weighted by molar-refractivity contribution is -0.235. The summed E-state index contributed by atoms with van der Waals surface area (Å²) in [5.41, 5.74) is 4.14. The van der Waals surface area contributed by atoms with E-state index in [1.165, 1.54) is 0 Å². The number of nitrogens with zero attached hydrogens (tertiary/aromatic N) is 1. The Kier molecular flexibility index (Phi) is 2.54. The molecular formula is C11H17N3O5. The van der Waals surface area contributed by atoms with Crippen LogP contribution in [0, 0.1) is 11.8 Å². The summed E-state index contributed by atoms with van der Waals surface area (Å²) in [5.74, 6) is -1.68. The van der Waals surface area contributed by atoms with Crippen molar-refractivity contribution in [2.24, 2.45) is 22.6 Å². The number of nitrogens with two attached hydrogens (primary N) is 1. The van der Waals surface area contributed by atoms with Gasteiger partial charge in [0.15, 0.2) is 18.3 Å². The Bertz CT molecular complexity index is 456. The van der Waals surface area contributed by atoms with Crippen LogP contribution in [0.15, 0.2) is 4.99 Å². The molecule has 1 aliphatic carbocycles. The van der Waals surface area contributed by atoms with E-state index in [1.807, 2.05) is 6.92 Å². The Hall–Kier alpha value is -1.38. The molecule has 1 saturated heterocycles. The fourth-order valence-corrected chi connectivity index (χ4v) is 3.56. The smallest absolute Gasteiger partial charge is 0.337 e. The van der Waals surface area contributed by atoms with Gasteiger partial charge in [0.05, 0.1) is 0 Å². The van der Waals surface area contributed by atoms with Gasteiger partial charge in [-0.1, -0.05) is 6.92 Å². The molecule has 7 atom stereocenters. The second-order valence-electron chi connectivity index (χ2n) is 5.55. The van der Waals surface area contributed by atoms with Crippen LogP contribution >= 0.6 is 0 Å². The summed E-state index contributed by atoms with van der Waals surface area (Å²) in [6.45, 7) is 1.82. The number of esters is 1. The Labute approximate surface area is 109 Å². The fraction of sp³-hybridized carbons (Fsp3) is 0.818. The molecule has 1 saturated carbocycles. The largest absolute Gasteiger partial charge is 0.457 e. The zero-order valence-corrected chi connectivity index (χ0v) is 10.4. The van der Waals surface area contributed by atoms with Crippen molar-refractivity contribution in [1.82, 2.24) is 5.32 Å². The summed E-state index contributed by atoms with van der Waals surface area (Å²) in [5, 5.41) is 33.3. The Morgan fingerprint density at radius 1 is 1.47 bits per heavy atom. The quantitative estimate of drug-likeness (QED) is 0.301. The molecule has 3 aliphatic rings. The number of carbonyl (C=O) groups is 1. The third-order valence-corrected chi connectivity index (χ3v) is 4.50. The van der Waals surface area contributed by atoms with Crippen LogP contribution in [0.1, 0.15) is 13.3 Å². The number of rotatable bonds is 0. The Morgan fingerprint density at radius 2 is 2.16 bits per heavy atom. The van der Waals surface area contributed by atoms with Crippen LogP contribution in [-0.2, 0) is 9.53 Å². The van der Waals surface area contributed by atoms with Crippen molar-refractivity contribution in [2.75, 3.05) is 0 Å². The van der Waals surface area contributed by atoms with Gasteiger partial charge in [-0.15, -0.1) is 0 Å². The molecule has 19 heavy (non-hydrogen) atoms. The van der Waals surface area contributed by atoms with E-state index in [0.717, 1.165) is 0 Å². The number of aliphatic hydroxyl groups excluding tert-OH is 3. The van der Waals surface area contributed by atoms with Gasteiger partial charge in [-0.25, -0.2) is 9.79 Å². The lowest BCUT2D eigenvalue weighted by atomic mass is 9.61. The van der Waals surface area contributed by atoms with E-state index in [2.05, 4.69) is 10.3 Å².